The summed E-state index contributed by atoms with van der Waals surface area (Å²) in [5, 5.41) is 2.05. The van der Waals surface area contributed by atoms with Crippen LogP contribution < -0.4 is 0 Å². The lowest BCUT2D eigenvalue weighted by Gasteiger charge is -2.24. The summed E-state index contributed by atoms with van der Waals surface area (Å²) in [5.41, 5.74) is 0.869. The number of carbonyl (C=O) groups is 1. The highest BCUT2D eigenvalue weighted by atomic mass is 32.1. The molecule has 1 aliphatic rings. The second-order valence-electron chi connectivity index (χ2n) is 5.06. The average molecular weight is 289 g/mol. The molecule has 0 N–H and O–H groups in total. The molecule has 1 atom stereocenters. The van der Waals surface area contributed by atoms with Crippen molar-refractivity contribution in [2.45, 2.75) is 25.3 Å². The maximum Gasteiger partial charge on any atom is 0.227 e. The summed E-state index contributed by atoms with van der Waals surface area (Å²) in [6, 6.07) is 10.5. The van der Waals surface area contributed by atoms with E-state index in [-0.39, 0.29) is 17.8 Å². The Hall–Kier alpha value is -1.68. The van der Waals surface area contributed by atoms with E-state index < -0.39 is 0 Å². The maximum atomic E-state index is 12.9. The van der Waals surface area contributed by atoms with Crippen LogP contribution >= 0.6 is 11.3 Å². The van der Waals surface area contributed by atoms with Crippen molar-refractivity contribution in [1.82, 2.24) is 4.90 Å². The van der Waals surface area contributed by atoms with Gasteiger partial charge in [0.05, 0.1) is 12.5 Å². The largest absolute Gasteiger partial charge is 0.335 e. The number of nitrogens with zero attached hydrogens (tertiary/aromatic N) is 1. The van der Waals surface area contributed by atoms with E-state index in [4.69, 9.17) is 0 Å². The molecule has 0 radical (unpaired) electrons. The minimum atomic E-state index is -0.265. The van der Waals surface area contributed by atoms with E-state index in [0.717, 1.165) is 24.9 Å². The number of benzene rings is 1. The van der Waals surface area contributed by atoms with E-state index in [2.05, 4.69) is 11.4 Å². The number of hydrogen-bond acceptors (Lipinski definition) is 2. The van der Waals surface area contributed by atoms with Gasteiger partial charge in [-0.25, -0.2) is 4.39 Å². The monoisotopic (exact) mass is 289 g/mol. The lowest BCUT2D eigenvalue weighted by atomic mass is 10.1. The summed E-state index contributed by atoms with van der Waals surface area (Å²) in [6.07, 6.45) is 2.44. The fraction of sp³-hybridized carbons (Fsp3) is 0.312. The molecule has 0 bridgehead atoms. The third kappa shape index (κ3) is 2.75. The van der Waals surface area contributed by atoms with Gasteiger partial charge < -0.3 is 4.90 Å². The minimum Gasteiger partial charge on any atom is -0.335 e. The highest BCUT2D eigenvalue weighted by molar-refractivity contribution is 7.10. The fourth-order valence-corrected chi connectivity index (χ4v) is 3.59. The van der Waals surface area contributed by atoms with Crippen LogP contribution in [0.2, 0.25) is 0 Å². The Balaban J connectivity index is 1.71. The number of hydrogen-bond donors (Lipinski definition) is 0. The van der Waals surface area contributed by atoms with E-state index >= 15 is 0 Å². The molecule has 3 rings (SSSR count). The van der Waals surface area contributed by atoms with Gasteiger partial charge in [0.1, 0.15) is 5.82 Å². The highest BCUT2D eigenvalue weighted by Crippen LogP contribution is 2.34. The zero-order chi connectivity index (χ0) is 13.9. The van der Waals surface area contributed by atoms with Crippen LogP contribution in [0.4, 0.5) is 4.39 Å². The number of thiophene rings is 1. The predicted molar refractivity (Wildman–Crippen MR) is 78.1 cm³/mol. The zero-order valence-corrected chi connectivity index (χ0v) is 11.9. The maximum absolute atomic E-state index is 12.9. The van der Waals surface area contributed by atoms with Gasteiger partial charge in [0, 0.05) is 11.4 Å². The second-order valence-corrected chi connectivity index (χ2v) is 6.04. The van der Waals surface area contributed by atoms with E-state index in [0.29, 0.717) is 6.42 Å². The first-order chi connectivity index (χ1) is 9.74. The molecule has 20 heavy (non-hydrogen) atoms. The molecule has 104 valence electrons. The number of likely N-dealkylation sites (tertiary alicyclic amines) is 1. The van der Waals surface area contributed by atoms with Gasteiger partial charge in [-0.15, -0.1) is 11.3 Å². The first kappa shape index (κ1) is 13.3. The van der Waals surface area contributed by atoms with E-state index in [9.17, 15) is 9.18 Å². The lowest BCUT2D eigenvalue weighted by Crippen LogP contribution is -2.31. The molecule has 1 aromatic heterocycles. The Morgan fingerprint density at radius 3 is 2.80 bits per heavy atom. The van der Waals surface area contributed by atoms with Gasteiger partial charge in [0.2, 0.25) is 5.91 Å². The SMILES string of the molecule is O=C(Cc1ccc(F)cc1)N1CCC[C@H]1c1cccs1. The third-order valence-corrected chi connectivity index (χ3v) is 4.69. The highest BCUT2D eigenvalue weighted by Gasteiger charge is 2.30. The smallest absolute Gasteiger partial charge is 0.227 e. The van der Waals surface area contributed by atoms with Gasteiger partial charge in [0.25, 0.3) is 0 Å². The topological polar surface area (TPSA) is 20.3 Å². The van der Waals surface area contributed by atoms with Gasteiger partial charge in [-0.1, -0.05) is 18.2 Å². The molecule has 1 amide bonds. The molecular weight excluding hydrogens is 273 g/mol. The Bertz CT molecular complexity index is 579. The van der Waals surface area contributed by atoms with Gasteiger partial charge in [0.15, 0.2) is 0 Å². The summed E-state index contributed by atoms with van der Waals surface area (Å²) >= 11 is 1.71. The molecule has 2 aromatic rings. The van der Waals surface area contributed by atoms with Gasteiger partial charge in [-0.2, -0.15) is 0 Å². The minimum absolute atomic E-state index is 0.132. The van der Waals surface area contributed by atoms with E-state index in [1.165, 1.54) is 17.0 Å². The number of rotatable bonds is 3. The second kappa shape index (κ2) is 5.75. The van der Waals surface area contributed by atoms with Crippen LogP contribution in [-0.2, 0) is 11.2 Å². The number of halogens is 1. The zero-order valence-electron chi connectivity index (χ0n) is 11.1. The molecular formula is C16H16FNOS. The Morgan fingerprint density at radius 2 is 2.10 bits per heavy atom. The molecule has 0 unspecified atom stereocenters. The van der Waals surface area contributed by atoms with Crippen molar-refractivity contribution in [2.75, 3.05) is 6.54 Å². The number of amides is 1. The van der Waals surface area contributed by atoms with Crippen molar-refractivity contribution in [2.24, 2.45) is 0 Å². The Labute approximate surface area is 121 Å². The molecule has 1 aromatic carbocycles. The molecule has 2 heterocycles. The third-order valence-electron chi connectivity index (χ3n) is 3.71. The van der Waals surface area contributed by atoms with Gasteiger partial charge >= 0.3 is 0 Å². The van der Waals surface area contributed by atoms with E-state index in [1.807, 2.05) is 11.0 Å². The average Bonchev–Trinajstić information content (AvgIpc) is 3.11. The molecule has 1 saturated heterocycles. The van der Waals surface area contributed by atoms with Crippen LogP contribution in [0.3, 0.4) is 0 Å². The molecule has 1 fully saturated rings. The van der Waals surface area contributed by atoms with Crippen molar-refractivity contribution in [3.63, 3.8) is 0 Å². The van der Waals surface area contributed by atoms with Crippen LogP contribution in [0.15, 0.2) is 41.8 Å². The van der Waals surface area contributed by atoms with Crippen LogP contribution in [0.5, 0.6) is 0 Å². The van der Waals surface area contributed by atoms with Crippen molar-refractivity contribution >= 4 is 17.2 Å². The standard InChI is InChI=1S/C16H16FNOS/c17-13-7-5-12(6-8-13)11-16(19)18-9-1-3-14(18)15-4-2-10-20-15/h2,4-8,10,14H,1,3,9,11H2/t14-/m0/s1. The molecule has 4 heteroatoms. The number of carbonyl (C=O) groups excluding carboxylic acids is 1. The summed E-state index contributed by atoms with van der Waals surface area (Å²) in [6.45, 7) is 0.822. The Morgan fingerprint density at radius 1 is 1.30 bits per heavy atom. The first-order valence-corrected chi connectivity index (χ1v) is 7.69. The van der Waals surface area contributed by atoms with Gasteiger partial charge in [-0.05, 0) is 42.0 Å². The van der Waals surface area contributed by atoms with Crippen LogP contribution in [0, 0.1) is 5.82 Å². The van der Waals surface area contributed by atoms with Crippen LogP contribution in [0.25, 0.3) is 0 Å². The summed E-state index contributed by atoms with van der Waals surface area (Å²) in [7, 11) is 0. The Kier molecular flexibility index (Phi) is 3.83. The van der Waals surface area contributed by atoms with E-state index in [1.54, 1.807) is 23.5 Å². The van der Waals surface area contributed by atoms with Crippen molar-refractivity contribution in [3.8, 4) is 0 Å². The fourth-order valence-electron chi connectivity index (χ4n) is 2.72. The molecule has 1 aliphatic heterocycles. The summed E-state index contributed by atoms with van der Waals surface area (Å²) < 4.78 is 12.9. The van der Waals surface area contributed by atoms with Gasteiger partial charge in [-0.3, -0.25) is 4.79 Å². The predicted octanol–water partition coefficient (Wildman–Crippen LogP) is 3.79. The van der Waals surface area contributed by atoms with Crippen molar-refractivity contribution < 1.29 is 9.18 Å². The van der Waals surface area contributed by atoms with Crippen molar-refractivity contribution in [1.29, 1.82) is 0 Å². The molecule has 2 nitrogen and oxygen atoms in total. The van der Waals surface area contributed by atoms with Crippen LogP contribution in [-0.4, -0.2) is 17.4 Å². The lowest BCUT2D eigenvalue weighted by molar-refractivity contribution is -0.131. The normalized spacial score (nSPS) is 18.4. The van der Waals surface area contributed by atoms with Crippen LogP contribution in [0.1, 0.15) is 29.3 Å². The molecule has 0 aliphatic carbocycles. The molecule has 0 saturated carbocycles. The summed E-state index contributed by atoms with van der Waals surface area (Å²) in [5.74, 6) is -0.133. The van der Waals surface area contributed by atoms with Crippen molar-refractivity contribution in [3.05, 3.63) is 58.0 Å². The first-order valence-electron chi connectivity index (χ1n) is 6.81. The summed E-state index contributed by atoms with van der Waals surface area (Å²) in [4.78, 5) is 15.7. The quantitative estimate of drug-likeness (QED) is 0.841. The molecule has 0 spiro atoms.